The first-order chi connectivity index (χ1) is 22.1. The number of hydrogen-bond donors (Lipinski definition) is 4. The van der Waals surface area contributed by atoms with Gasteiger partial charge in [0.15, 0.2) is 23.5 Å². The molecular weight excluding hydrogens is 574 g/mol. The minimum Gasteiger partial charge on any atom is -0.401 e. The molecule has 13 nitrogen and oxygen atoms in total. The Bertz CT molecular complexity index is 1660. The van der Waals surface area contributed by atoms with Crippen molar-refractivity contribution >= 4 is 28.7 Å². The molecule has 13 heteroatoms. The fourth-order valence-corrected chi connectivity index (χ4v) is 5.28. The van der Waals surface area contributed by atoms with Crippen LogP contribution in [0.2, 0.25) is 0 Å². The highest BCUT2D eigenvalue weighted by molar-refractivity contribution is 5.83. The molecular formula is C32H35N9O4. The van der Waals surface area contributed by atoms with Crippen molar-refractivity contribution in [1.82, 2.24) is 35.5 Å². The zero-order valence-corrected chi connectivity index (χ0v) is 24.7. The van der Waals surface area contributed by atoms with Crippen molar-refractivity contribution < 1.29 is 19.2 Å². The van der Waals surface area contributed by atoms with Crippen LogP contribution in [0.4, 0.5) is 11.6 Å². The number of likely N-dealkylation sites (N-methyl/N-ethyl adjacent to an activating group) is 1. The molecule has 1 aliphatic heterocycles. The summed E-state index contributed by atoms with van der Waals surface area (Å²) in [6.45, 7) is 3.28. The third-order valence-electron chi connectivity index (χ3n) is 7.45. The number of nitrogens with two attached hydrogens (primary N) is 1. The summed E-state index contributed by atoms with van der Waals surface area (Å²) in [5, 5.41) is 6.27. The number of hydrogen-bond acceptors (Lipinski definition) is 11. The lowest BCUT2D eigenvalue weighted by Gasteiger charge is -2.23. The Labute approximate surface area is 260 Å². The van der Waals surface area contributed by atoms with Crippen LogP contribution in [-0.4, -0.2) is 68.6 Å². The van der Waals surface area contributed by atoms with Crippen molar-refractivity contribution in [3.8, 4) is 0 Å². The van der Waals surface area contributed by atoms with Gasteiger partial charge >= 0.3 is 0 Å². The van der Waals surface area contributed by atoms with E-state index in [-0.39, 0.29) is 18.4 Å². The molecule has 5 aromatic rings. The van der Waals surface area contributed by atoms with E-state index in [4.69, 9.17) is 20.1 Å². The van der Waals surface area contributed by atoms with Crippen LogP contribution in [0.15, 0.2) is 91.5 Å². The van der Waals surface area contributed by atoms with E-state index in [1.54, 1.807) is 6.07 Å². The van der Waals surface area contributed by atoms with Gasteiger partial charge in [-0.25, -0.2) is 19.9 Å². The maximum Gasteiger partial charge on any atom is 0.253 e. The highest BCUT2D eigenvalue weighted by Crippen LogP contribution is 2.27. The molecule has 0 aliphatic carbocycles. The molecule has 0 spiro atoms. The molecule has 3 atom stereocenters. The molecule has 3 aromatic heterocycles. The quantitative estimate of drug-likeness (QED) is 0.145. The first-order valence-electron chi connectivity index (χ1n) is 14.8. The summed E-state index contributed by atoms with van der Waals surface area (Å²) in [5.41, 5.74) is 12.7. The van der Waals surface area contributed by atoms with Crippen LogP contribution in [0, 0.1) is 0 Å². The molecule has 45 heavy (non-hydrogen) atoms. The first kappa shape index (κ1) is 29.9. The van der Waals surface area contributed by atoms with Crippen LogP contribution < -0.4 is 26.7 Å². The molecule has 1 fully saturated rings. The number of anilines is 2. The van der Waals surface area contributed by atoms with E-state index < -0.39 is 18.3 Å². The van der Waals surface area contributed by atoms with E-state index in [0.717, 1.165) is 0 Å². The first-order valence-corrected chi connectivity index (χ1v) is 14.8. The number of amides is 1. The Balaban J connectivity index is 1.20. The van der Waals surface area contributed by atoms with Crippen LogP contribution in [-0.2, 0) is 20.9 Å². The van der Waals surface area contributed by atoms with Gasteiger partial charge in [0.2, 0.25) is 5.65 Å². The van der Waals surface area contributed by atoms with Gasteiger partial charge in [-0.2, -0.15) is 10.2 Å². The summed E-state index contributed by atoms with van der Waals surface area (Å²) in [6, 6.07) is 26.0. The molecule has 5 N–H and O–H groups in total. The van der Waals surface area contributed by atoms with Gasteiger partial charge in [-0.05, 0) is 30.2 Å². The van der Waals surface area contributed by atoms with Gasteiger partial charge in [0, 0.05) is 19.0 Å². The maximum atomic E-state index is 12.9. The zero-order chi connectivity index (χ0) is 31.0. The molecule has 1 amide bonds. The fourth-order valence-electron chi connectivity index (χ4n) is 5.28. The Hall–Kier alpha value is -5.11. The summed E-state index contributed by atoms with van der Waals surface area (Å²) < 4.78 is 7.26. The number of pyridine rings is 1. The summed E-state index contributed by atoms with van der Waals surface area (Å²) in [6.07, 6.45) is 0.587. The number of ether oxygens (including phenoxy) is 1. The number of carbonyl (C=O) groups is 1. The number of aromatic nitrogens is 5. The molecule has 0 radical (unpaired) electrons. The lowest BCUT2D eigenvalue weighted by atomic mass is 9.91. The molecule has 0 bridgehead atoms. The number of nitrogens with one attached hydrogen (secondary N) is 3. The third kappa shape index (κ3) is 7.01. The minimum atomic E-state index is -0.920. The number of benzene rings is 2. The number of carbonyl (C=O) groups excluding carboxylic acids is 1. The van der Waals surface area contributed by atoms with Gasteiger partial charge in [0.1, 0.15) is 24.6 Å². The van der Waals surface area contributed by atoms with Crippen LogP contribution >= 0.6 is 0 Å². The average Bonchev–Trinajstić information content (AvgIpc) is 3.67. The van der Waals surface area contributed by atoms with E-state index in [1.165, 1.54) is 28.5 Å². The van der Waals surface area contributed by atoms with Crippen LogP contribution in [0.25, 0.3) is 11.2 Å². The standard InChI is InChI=1S/C32H35N9O4/c1-2-34-32(42)29-28(25(18-43-29)44-39-16-23-14-9-15-26(33)40-23)45-41-20-38-27-30(36-19-37-31(27)41)35-17-24(21-10-5-3-6-11-21)22-12-7-4-8-13-22/h3-15,19-20,24-25,28-29,39H,2,16-18H2,1H3,(H2,33,40)(H,34,42)(H,35,36,37)/t25-,28-,29-/m0/s1. The summed E-state index contributed by atoms with van der Waals surface area (Å²) in [4.78, 5) is 42.8. The smallest absolute Gasteiger partial charge is 0.253 e. The number of fused-ring (bicyclic) bond motifs is 1. The lowest BCUT2D eigenvalue weighted by molar-refractivity contribution is -0.138. The van der Waals surface area contributed by atoms with Crippen LogP contribution in [0.3, 0.4) is 0 Å². The van der Waals surface area contributed by atoms with Crippen molar-refractivity contribution in [3.63, 3.8) is 0 Å². The van der Waals surface area contributed by atoms with Gasteiger partial charge in [0.05, 0.1) is 18.8 Å². The second-order valence-corrected chi connectivity index (χ2v) is 10.5. The second-order valence-electron chi connectivity index (χ2n) is 10.5. The largest absolute Gasteiger partial charge is 0.401 e. The predicted molar refractivity (Wildman–Crippen MR) is 168 cm³/mol. The van der Waals surface area contributed by atoms with Crippen molar-refractivity contribution in [1.29, 1.82) is 0 Å². The molecule has 4 heterocycles. The molecule has 0 saturated carbocycles. The molecule has 1 saturated heterocycles. The molecule has 2 aromatic carbocycles. The summed E-state index contributed by atoms with van der Waals surface area (Å²) >= 11 is 0. The number of nitrogen functional groups attached to an aromatic ring is 1. The highest BCUT2D eigenvalue weighted by Gasteiger charge is 2.45. The number of rotatable bonds is 13. The monoisotopic (exact) mass is 609 g/mol. The van der Waals surface area contributed by atoms with Gasteiger partial charge in [0.25, 0.3) is 5.91 Å². The number of imidazole rings is 1. The van der Waals surface area contributed by atoms with Crippen molar-refractivity contribution in [3.05, 3.63) is 108 Å². The second kappa shape index (κ2) is 14.1. The zero-order valence-electron chi connectivity index (χ0n) is 24.7. The summed E-state index contributed by atoms with van der Waals surface area (Å²) in [5.74, 6) is 0.748. The predicted octanol–water partition coefficient (Wildman–Crippen LogP) is 2.47. The Kier molecular flexibility index (Phi) is 9.39. The Morgan fingerprint density at radius 1 is 1.02 bits per heavy atom. The molecule has 6 rings (SSSR count). The van der Waals surface area contributed by atoms with Crippen LogP contribution in [0.5, 0.6) is 0 Å². The van der Waals surface area contributed by atoms with E-state index in [2.05, 4.69) is 60.3 Å². The third-order valence-corrected chi connectivity index (χ3v) is 7.45. The summed E-state index contributed by atoms with van der Waals surface area (Å²) in [7, 11) is 0. The maximum absolute atomic E-state index is 12.9. The van der Waals surface area contributed by atoms with E-state index in [1.807, 2.05) is 55.5 Å². The van der Waals surface area contributed by atoms with E-state index in [9.17, 15) is 4.79 Å². The van der Waals surface area contributed by atoms with Gasteiger partial charge < -0.3 is 25.9 Å². The van der Waals surface area contributed by atoms with Gasteiger partial charge in [-0.15, -0.1) is 0 Å². The molecule has 0 unspecified atom stereocenters. The number of hydroxylamine groups is 1. The van der Waals surface area contributed by atoms with Gasteiger partial charge in [-0.3, -0.25) is 9.63 Å². The lowest BCUT2D eigenvalue weighted by Crippen LogP contribution is -2.49. The number of nitrogens with zero attached hydrogens (tertiary/aromatic N) is 5. The highest BCUT2D eigenvalue weighted by atomic mass is 16.7. The van der Waals surface area contributed by atoms with Crippen molar-refractivity contribution in [2.75, 3.05) is 30.7 Å². The van der Waals surface area contributed by atoms with Gasteiger partial charge in [-0.1, -0.05) is 66.7 Å². The van der Waals surface area contributed by atoms with Crippen LogP contribution in [0.1, 0.15) is 29.7 Å². The normalized spacial score (nSPS) is 17.9. The fraction of sp³-hybridized carbons (Fsp3) is 0.281. The molecule has 232 valence electrons. The van der Waals surface area contributed by atoms with E-state index in [0.29, 0.717) is 48.1 Å². The Morgan fingerprint density at radius 2 is 1.78 bits per heavy atom. The van der Waals surface area contributed by atoms with E-state index >= 15 is 0 Å². The minimum absolute atomic E-state index is 0.0807. The van der Waals surface area contributed by atoms with Crippen molar-refractivity contribution in [2.45, 2.75) is 37.7 Å². The Morgan fingerprint density at radius 3 is 2.49 bits per heavy atom. The topological polar surface area (TPSA) is 163 Å². The van der Waals surface area contributed by atoms with Crippen molar-refractivity contribution in [2.24, 2.45) is 0 Å². The average molecular weight is 610 g/mol. The SMILES string of the molecule is CCNC(=O)[C@H]1OC[C@H](ONCc2cccc(N)n2)[C@@H]1On1cnc2c(NCC(c3ccccc3)c3ccccc3)ncnc21. The molecule has 1 aliphatic rings.